The lowest BCUT2D eigenvalue weighted by molar-refractivity contribution is -0.137. The maximum atomic E-state index is 11.7. The van der Waals surface area contributed by atoms with Crippen molar-refractivity contribution in [1.29, 1.82) is 0 Å². The molecule has 0 aliphatic carbocycles. The molecule has 0 radical (unpaired) electrons. The van der Waals surface area contributed by atoms with Crippen molar-refractivity contribution in [3.05, 3.63) is 0 Å². The van der Waals surface area contributed by atoms with Gasteiger partial charge in [0.2, 0.25) is 5.91 Å². The first-order valence-electron chi connectivity index (χ1n) is 5.70. The number of nitrogens with zero attached hydrogens (tertiary/aromatic N) is 1. The average Bonchev–Trinajstić information content (AvgIpc) is 2.61. The summed E-state index contributed by atoms with van der Waals surface area (Å²) in [5.41, 5.74) is 0. The maximum absolute atomic E-state index is 11.7. The van der Waals surface area contributed by atoms with Crippen LogP contribution in [-0.2, 0) is 9.53 Å². The third-order valence-corrected chi connectivity index (χ3v) is 2.74. The number of carbonyl (C=O) groups excluding carboxylic acids is 1. The van der Waals surface area contributed by atoms with Crippen LogP contribution in [0.2, 0.25) is 0 Å². The van der Waals surface area contributed by atoms with Gasteiger partial charge in [-0.2, -0.15) is 0 Å². The van der Waals surface area contributed by atoms with Gasteiger partial charge in [-0.05, 0) is 33.1 Å². The molecule has 1 saturated heterocycles. The molecule has 1 amide bonds. The van der Waals surface area contributed by atoms with Crippen molar-refractivity contribution in [2.75, 3.05) is 19.8 Å². The number of ether oxygens (including phenoxy) is 1. The van der Waals surface area contributed by atoms with Crippen LogP contribution in [0.4, 0.5) is 0 Å². The van der Waals surface area contributed by atoms with Crippen LogP contribution in [0.3, 0.4) is 0 Å². The van der Waals surface area contributed by atoms with E-state index in [0.29, 0.717) is 13.0 Å². The summed E-state index contributed by atoms with van der Waals surface area (Å²) in [6, 6.07) is 0.206. The molecule has 0 aromatic rings. The van der Waals surface area contributed by atoms with E-state index in [1.54, 1.807) is 6.92 Å². The summed E-state index contributed by atoms with van der Waals surface area (Å²) in [5.74, 6) is 0.0556. The Morgan fingerprint density at radius 2 is 2.40 bits per heavy atom. The third-order valence-electron chi connectivity index (χ3n) is 2.74. The van der Waals surface area contributed by atoms with Crippen LogP contribution in [-0.4, -0.2) is 47.8 Å². The Morgan fingerprint density at radius 1 is 1.67 bits per heavy atom. The van der Waals surface area contributed by atoms with E-state index < -0.39 is 0 Å². The second-order valence-electron chi connectivity index (χ2n) is 4.11. The van der Waals surface area contributed by atoms with Crippen LogP contribution >= 0.6 is 0 Å². The molecule has 2 unspecified atom stereocenters. The molecule has 1 rings (SSSR count). The molecule has 1 aliphatic rings. The molecule has 0 spiro atoms. The van der Waals surface area contributed by atoms with Gasteiger partial charge in [0.25, 0.3) is 0 Å². The van der Waals surface area contributed by atoms with Gasteiger partial charge in [-0.15, -0.1) is 0 Å². The van der Waals surface area contributed by atoms with E-state index in [1.807, 2.05) is 11.8 Å². The van der Waals surface area contributed by atoms with Gasteiger partial charge < -0.3 is 14.7 Å². The summed E-state index contributed by atoms with van der Waals surface area (Å²) in [6.45, 7) is 5.20. The summed E-state index contributed by atoms with van der Waals surface area (Å²) in [4.78, 5) is 13.6. The molecule has 4 nitrogen and oxygen atoms in total. The maximum Gasteiger partial charge on any atom is 0.248 e. The second-order valence-corrected chi connectivity index (χ2v) is 4.11. The van der Waals surface area contributed by atoms with Crippen molar-refractivity contribution in [1.82, 2.24) is 4.90 Å². The minimum absolute atomic E-state index is 0.0556. The number of rotatable bonds is 5. The third kappa shape index (κ3) is 3.80. The molecule has 0 saturated carbocycles. The molecule has 0 bridgehead atoms. The minimum atomic E-state index is -0.338. The normalized spacial score (nSPS) is 23.1. The number of aliphatic hydroxyl groups excluding tert-OH is 1. The van der Waals surface area contributed by atoms with E-state index >= 15 is 0 Å². The summed E-state index contributed by atoms with van der Waals surface area (Å²) in [7, 11) is 0. The van der Waals surface area contributed by atoms with Crippen molar-refractivity contribution in [3.63, 3.8) is 0 Å². The standard InChI is InChI=1S/C11H21NO3/c1-3-15-8-11(14)12-6-4-5-10(12)7-9(2)13/h9-10,13H,3-8H2,1-2H3. The first kappa shape index (κ1) is 12.5. The van der Waals surface area contributed by atoms with Gasteiger partial charge in [-0.1, -0.05) is 0 Å². The van der Waals surface area contributed by atoms with Gasteiger partial charge >= 0.3 is 0 Å². The minimum Gasteiger partial charge on any atom is -0.393 e. The molecular formula is C11H21NO3. The predicted molar refractivity (Wildman–Crippen MR) is 57.5 cm³/mol. The molecule has 1 heterocycles. The lowest BCUT2D eigenvalue weighted by Gasteiger charge is -2.25. The van der Waals surface area contributed by atoms with E-state index in [1.165, 1.54) is 0 Å². The zero-order chi connectivity index (χ0) is 11.3. The Morgan fingerprint density at radius 3 is 3.00 bits per heavy atom. The Bertz CT molecular complexity index is 206. The van der Waals surface area contributed by atoms with Crippen molar-refractivity contribution >= 4 is 5.91 Å². The smallest absolute Gasteiger partial charge is 0.248 e. The van der Waals surface area contributed by atoms with Crippen molar-refractivity contribution in [2.45, 2.75) is 45.3 Å². The molecule has 2 atom stereocenters. The predicted octanol–water partition coefficient (Wildman–Crippen LogP) is 0.785. The SMILES string of the molecule is CCOCC(=O)N1CCCC1CC(C)O. The zero-order valence-electron chi connectivity index (χ0n) is 9.61. The highest BCUT2D eigenvalue weighted by Gasteiger charge is 2.29. The summed E-state index contributed by atoms with van der Waals surface area (Å²) in [5, 5.41) is 9.32. The van der Waals surface area contributed by atoms with Crippen LogP contribution in [0.1, 0.15) is 33.1 Å². The monoisotopic (exact) mass is 215 g/mol. The number of hydrogen-bond acceptors (Lipinski definition) is 3. The van der Waals surface area contributed by atoms with E-state index in [4.69, 9.17) is 4.74 Å². The van der Waals surface area contributed by atoms with Crippen LogP contribution in [0.25, 0.3) is 0 Å². The highest BCUT2D eigenvalue weighted by Crippen LogP contribution is 2.21. The average molecular weight is 215 g/mol. The van der Waals surface area contributed by atoms with E-state index in [9.17, 15) is 9.90 Å². The molecule has 0 aromatic carbocycles. The second kappa shape index (κ2) is 6.08. The van der Waals surface area contributed by atoms with Crippen LogP contribution in [0.5, 0.6) is 0 Å². The van der Waals surface area contributed by atoms with Gasteiger partial charge in [0, 0.05) is 19.2 Å². The molecule has 1 N–H and O–H groups in total. The molecular weight excluding hydrogens is 194 g/mol. The van der Waals surface area contributed by atoms with E-state index in [2.05, 4.69) is 0 Å². The van der Waals surface area contributed by atoms with Crippen LogP contribution < -0.4 is 0 Å². The van der Waals surface area contributed by atoms with Crippen LogP contribution in [0, 0.1) is 0 Å². The van der Waals surface area contributed by atoms with Crippen molar-refractivity contribution < 1.29 is 14.6 Å². The van der Waals surface area contributed by atoms with E-state index in [0.717, 1.165) is 19.4 Å². The highest BCUT2D eigenvalue weighted by molar-refractivity contribution is 5.78. The molecule has 1 aliphatic heterocycles. The van der Waals surface area contributed by atoms with Gasteiger partial charge in [-0.25, -0.2) is 0 Å². The van der Waals surface area contributed by atoms with Gasteiger partial charge in [0.15, 0.2) is 0 Å². The fourth-order valence-electron chi connectivity index (χ4n) is 2.08. The van der Waals surface area contributed by atoms with Crippen molar-refractivity contribution in [2.24, 2.45) is 0 Å². The summed E-state index contributed by atoms with van der Waals surface area (Å²) in [6.07, 6.45) is 2.38. The molecule has 1 fully saturated rings. The molecule has 88 valence electrons. The lowest BCUT2D eigenvalue weighted by Crippen LogP contribution is -2.39. The molecule has 15 heavy (non-hydrogen) atoms. The quantitative estimate of drug-likeness (QED) is 0.737. The fourth-order valence-corrected chi connectivity index (χ4v) is 2.08. The number of hydrogen-bond donors (Lipinski definition) is 1. The highest BCUT2D eigenvalue weighted by atomic mass is 16.5. The summed E-state index contributed by atoms with van der Waals surface area (Å²) >= 11 is 0. The number of amides is 1. The fraction of sp³-hybridized carbons (Fsp3) is 0.909. The zero-order valence-corrected chi connectivity index (χ0v) is 9.61. The molecule has 0 aromatic heterocycles. The largest absolute Gasteiger partial charge is 0.393 e. The Balaban J connectivity index is 2.41. The first-order valence-corrected chi connectivity index (χ1v) is 5.70. The van der Waals surface area contributed by atoms with Gasteiger partial charge in [0.05, 0.1) is 6.10 Å². The van der Waals surface area contributed by atoms with Gasteiger partial charge in [-0.3, -0.25) is 4.79 Å². The van der Waals surface area contributed by atoms with Crippen molar-refractivity contribution in [3.8, 4) is 0 Å². The van der Waals surface area contributed by atoms with E-state index in [-0.39, 0.29) is 24.7 Å². The Kier molecular flexibility index (Phi) is 5.05. The number of carbonyl (C=O) groups is 1. The topological polar surface area (TPSA) is 49.8 Å². The Hall–Kier alpha value is -0.610. The molecule has 4 heteroatoms. The number of likely N-dealkylation sites (tertiary alicyclic amines) is 1. The van der Waals surface area contributed by atoms with Gasteiger partial charge in [0.1, 0.15) is 6.61 Å². The first-order chi connectivity index (χ1) is 7.15. The summed E-state index contributed by atoms with van der Waals surface area (Å²) < 4.78 is 5.11. The van der Waals surface area contributed by atoms with Crippen LogP contribution in [0.15, 0.2) is 0 Å². The lowest BCUT2D eigenvalue weighted by atomic mass is 10.1. The number of aliphatic hydroxyl groups is 1. The Labute approximate surface area is 91.2 Å².